The molecule has 1 saturated heterocycles. The third kappa shape index (κ3) is 2.96. The molecular weight excluding hydrogens is 240 g/mol. The van der Waals surface area contributed by atoms with E-state index < -0.39 is 5.54 Å². The highest BCUT2D eigenvalue weighted by atomic mass is 16.3. The van der Waals surface area contributed by atoms with Gasteiger partial charge in [0.1, 0.15) is 5.54 Å². The number of carbonyl (C=O) groups excluding carboxylic acids is 1. The second-order valence-corrected chi connectivity index (χ2v) is 5.51. The van der Waals surface area contributed by atoms with Crippen LogP contribution in [-0.2, 0) is 10.3 Å². The van der Waals surface area contributed by atoms with Crippen LogP contribution in [0.4, 0.5) is 0 Å². The number of nitrogens with zero attached hydrogens (tertiary/aromatic N) is 1. The van der Waals surface area contributed by atoms with Crippen molar-refractivity contribution >= 4 is 5.91 Å². The molecule has 1 amide bonds. The summed E-state index contributed by atoms with van der Waals surface area (Å²) in [6, 6.07) is 9.45. The van der Waals surface area contributed by atoms with Gasteiger partial charge >= 0.3 is 0 Å². The van der Waals surface area contributed by atoms with Crippen molar-refractivity contribution in [2.24, 2.45) is 11.7 Å². The zero-order valence-corrected chi connectivity index (χ0v) is 11.4. The maximum atomic E-state index is 12.6. The van der Waals surface area contributed by atoms with Crippen LogP contribution in [0.3, 0.4) is 0 Å². The summed E-state index contributed by atoms with van der Waals surface area (Å²) in [6.07, 6.45) is 1.91. The number of benzene rings is 1. The fraction of sp³-hybridized carbons (Fsp3) is 0.533. The van der Waals surface area contributed by atoms with Crippen LogP contribution >= 0.6 is 0 Å². The van der Waals surface area contributed by atoms with Gasteiger partial charge in [0.2, 0.25) is 5.91 Å². The smallest absolute Gasteiger partial charge is 0.246 e. The van der Waals surface area contributed by atoms with E-state index >= 15 is 0 Å². The van der Waals surface area contributed by atoms with Crippen LogP contribution in [0.15, 0.2) is 30.3 Å². The first-order valence-electron chi connectivity index (χ1n) is 6.80. The molecule has 0 aromatic heterocycles. The van der Waals surface area contributed by atoms with Crippen LogP contribution in [0.25, 0.3) is 0 Å². The van der Waals surface area contributed by atoms with E-state index in [2.05, 4.69) is 0 Å². The Morgan fingerprint density at radius 1 is 1.47 bits per heavy atom. The van der Waals surface area contributed by atoms with E-state index in [0.717, 1.165) is 24.9 Å². The quantitative estimate of drug-likeness (QED) is 0.857. The number of carbonyl (C=O) groups is 1. The third-order valence-electron chi connectivity index (χ3n) is 3.88. The summed E-state index contributed by atoms with van der Waals surface area (Å²) in [6.45, 7) is 3.23. The molecule has 1 heterocycles. The highest BCUT2D eigenvalue weighted by molar-refractivity contribution is 5.87. The lowest BCUT2D eigenvalue weighted by Crippen LogP contribution is -2.53. The van der Waals surface area contributed by atoms with E-state index in [1.54, 1.807) is 11.8 Å². The minimum atomic E-state index is -1.00. The Kier molecular flexibility index (Phi) is 4.22. The van der Waals surface area contributed by atoms with Crippen molar-refractivity contribution in [2.75, 3.05) is 19.7 Å². The number of aliphatic hydroxyl groups is 1. The second-order valence-electron chi connectivity index (χ2n) is 5.51. The molecule has 1 aromatic rings. The molecule has 0 saturated carbocycles. The summed E-state index contributed by atoms with van der Waals surface area (Å²) >= 11 is 0. The lowest BCUT2D eigenvalue weighted by atomic mass is 9.89. The maximum Gasteiger partial charge on any atom is 0.246 e. The molecule has 0 spiro atoms. The van der Waals surface area contributed by atoms with Gasteiger partial charge in [-0.15, -0.1) is 0 Å². The van der Waals surface area contributed by atoms with Crippen LogP contribution < -0.4 is 5.73 Å². The number of hydrogen-bond acceptors (Lipinski definition) is 3. The molecule has 0 radical (unpaired) electrons. The number of amides is 1. The summed E-state index contributed by atoms with van der Waals surface area (Å²) < 4.78 is 0. The molecule has 4 nitrogen and oxygen atoms in total. The predicted molar refractivity (Wildman–Crippen MR) is 74.4 cm³/mol. The molecule has 2 unspecified atom stereocenters. The van der Waals surface area contributed by atoms with Crippen molar-refractivity contribution in [1.29, 1.82) is 0 Å². The highest BCUT2D eigenvalue weighted by Crippen LogP contribution is 2.24. The Morgan fingerprint density at radius 2 is 2.16 bits per heavy atom. The van der Waals surface area contributed by atoms with Crippen molar-refractivity contribution in [1.82, 2.24) is 4.90 Å². The van der Waals surface area contributed by atoms with E-state index in [4.69, 9.17) is 5.73 Å². The average molecular weight is 262 g/mol. The third-order valence-corrected chi connectivity index (χ3v) is 3.88. The maximum absolute atomic E-state index is 12.6. The van der Waals surface area contributed by atoms with Gasteiger partial charge in [-0.25, -0.2) is 0 Å². The monoisotopic (exact) mass is 262 g/mol. The van der Waals surface area contributed by atoms with Gasteiger partial charge < -0.3 is 15.7 Å². The molecule has 2 atom stereocenters. The number of piperidine rings is 1. The van der Waals surface area contributed by atoms with Crippen molar-refractivity contribution in [2.45, 2.75) is 25.3 Å². The van der Waals surface area contributed by atoms with Crippen LogP contribution in [-0.4, -0.2) is 35.6 Å². The van der Waals surface area contributed by atoms with Crippen molar-refractivity contribution in [3.05, 3.63) is 35.9 Å². The summed E-state index contributed by atoms with van der Waals surface area (Å²) in [7, 11) is 0. The molecule has 0 aliphatic carbocycles. The van der Waals surface area contributed by atoms with Crippen LogP contribution in [0.1, 0.15) is 25.3 Å². The lowest BCUT2D eigenvalue weighted by Gasteiger charge is -2.37. The Balaban J connectivity index is 2.14. The topological polar surface area (TPSA) is 66.6 Å². The van der Waals surface area contributed by atoms with Gasteiger partial charge in [0.05, 0.1) is 0 Å². The first-order valence-corrected chi connectivity index (χ1v) is 6.80. The summed E-state index contributed by atoms with van der Waals surface area (Å²) in [5, 5.41) is 9.24. The van der Waals surface area contributed by atoms with Crippen LogP contribution in [0.2, 0.25) is 0 Å². The molecule has 4 heteroatoms. The number of hydrogen-bond donors (Lipinski definition) is 2. The minimum Gasteiger partial charge on any atom is -0.396 e. The van der Waals surface area contributed by atoms with E-state index in [0.29, 0.717) is 6.54 Å². The minimum absolute atomic E-state index is 0.0585. The Hall–Kier alpha value is -1.39. The van der Waals surface area contributed by atoms with E-state index in [-0.39, 0.29) is 18.4 Å². The Bertz CT molecular complexity index is 431. The van der Waals surface area contributed by atoms with Crippen molar-refractivity contribution in [3.8, 4) is 0 Å². The van der Waals surface area contributed by atoms with Gasteiger partial charge in [-0.3, -0.25) is 4.79 Å². The molecule has 104 valence electrons. The van der Waals surface area contributed by atoms with Gasteiger partial charge in [0, 0.05) is 19.7 Å². The summed E-state index contributed by atoms with van der Waals surface area (Å²) in [5.74, 6) is 0.126. The SMILES string of the molecule is CC(N)(C(=O)N1CCCC(CO)C1)c1ccccc1. The molecular formula is C15H22N2O2. The molecule has 1 aromatic carbocycles. The number of nitrogens with two attached hydrogens (primary N) is 1. The second kappa shape index (κ2) is 5.72. The fourth-order valence-electron chi connectivity index (χ4n) is 2.63. The molecule has 1 aliphatic rings. The van der Waals surface area contributed by atoms with Crippen molar-refractivity contribution in [3.63, 3.8) is 0 Å². The average Bonchev–Trinajstić information content (AvgIpc) is 2.47. The number of likely N-dealkylation sites (tertiary alicyclic amines) is 1. The molecule has 2 rings (SSSR count). The Morgan fingerprint density at radius 3 is 2.79 bits per heavy atom. The molecule has 3 N–H and O–H groups in total. The van der Waals surface area contributed by atoms with Crippen LogP contribution in [0.5, 0.6) is 0 Å². The van der Waals surface area contributed by atoms with E-state index in [1.807, 2.05) is 30.3 Å². The number of rotatable bonds is 3. The van der Waals surface area contributed by atoms with Gasteiger partial charge in [-0.2, -0.15) is 0 Å². The summed E-state index contributed by atoms with van der Waals surface area (Å²) in [5.41, 5.74) is 6.07. The van der Waals surface area contributed by atoms with Gasteiger partial charge in [-0.05, 0) is 31.2 Å². The zero-order chi connectivity index (χ0) is 13.9. The summed E-state index contributed by atoms with van der Waals surface area (Å²) in [4.78, 5) is 14.4. The lowest BCUT2D eigenvalue weighted by molar-refractivity contribution is -0.138. The van der Waals surface area contributed by atoms with Gasteiger partial charge in [0.15, 0.2) is 0 Å². The first kappa shape index (κ1) is 14.0. The highest BCUT2D eigenvalue weighted by Gasteiger charge is 2.36. The Labute approximate surface area is 114 Å². The van der Waals surface area contributed by atoms with E-state index in [1.165, 1.54) is 0 Å². The zero-order valence-electron chi connectivity index (χ0n) is 11.4. The van der Waals surface area contributed by atoms with Gasteiger partial charge in [-0.1, -0.05) is 30.3 Å². The molecule has 1 aliphatic heterocycles. The van der Waals surface area contributed by atoms with Crippen molar-refractivity contribution < 1.29 is 9.90 Å². The van der Waals surface area contributed by atoms with Crippen LogP contribution in [0, 0.1) is 5.92 Å². The normalized spacial score (nSPS) is 22.9. The fourth-order valence-corrected chi connectivity index (χ4v) is 2.63. The molecule has 0 bridgehead atoms. The largest absolute Gasteiger partial charge is 0.396 e. The first-order chi connectivity index (χ1) is 9.05. The van der Waals surface area contributed by atoms with Gasteiger partial charge in [0.25, 0.3) is 0 Å². The molecule has 19 heavy (non-hydrogen) atoms. The predicted octanol–water partition coefficient (Wildman–Crippen LogP) is 1.09. The standard InChI is InChI=1S/C15H22N2O2/c1-15(16,13-7-3-2-4-8-13)14(19)17-9-5-6-12(10-17)11-18/h2-4,7-8,12,18H,5-6,9-11,16H2,1H3. The number of aliphatic hydroxyl groups excluding tert-OH is 1. The molecule has 1 fully saturated rings. The van der Waals surface area contributed by atoms with E-state index in [9.17, 15) is 9.90 Å².